The molecule has 0 spiro atoms. The van der Waals surface area contributed by atoms with Crippen LogP contribution in [0.25, 0.3) is 0 Å². The van der Waals surface area contributed by atoms with E-state index in [1.165, 1.54) is 4.90 Å². The van der Waals surface area contributed by atoms with Crippen molar-refractivity contribution in [3.8, 4) is 0 Å². The average molecular weight is 587 g/mol. The van der Waals surface area contributed by atoms with Crippen molar-refractivity contribution in [2.75, 3.05) is 39.4 Å². The first-order chi connectivity index (χ1) is 20.4. The van der Waals surface area contributed by atoms with Crippen LogP contribution in [-0.2, 0) is 36.8 Å². The monoisotopic (exact) mass is 586 g/mol. The van der Waals surface area contributed by atoms with E-state index < -0.39 is 48.2 Å². The maximum Gasteiger partial charge on any atom is 0.243 e. The molecule has 3 saturated heterocycles. The SMILES string of the molecule is O=C1CN(CCNC2CCOCC2)C(=O)C[C@@H]2O[C@H](CNC(=O)[C@@H](Cc3cn(Cc4cccnc4)nn3)N1)C(O)C2O. The van der Waals surface area contributed by atoms with Crippen LogP contribution in [0.3, 0.4) is 0 Å². The molecule has 3 aliphatic heterocycles. The van der Waals surface area contributed by atoms with E-state index in [0.717, 1.165) is 18.4 Å². The second kappa shape index (κ2) is 14.1. The van der Waals surface area contributed by atoms with Crippen molar-refractivity contribution in [3.05, 3.63) is 42.0 Å². The first-order valence-electron chi connectivity index (χ1n) is 14.3. The number of fused-ring (bicyclic) bond motifs is 2. The molecule has 42 heavy (non-hydrogen) atoms. The summed E-state index contributed by atoms with van der Waals surface area (Å²) in [5, 5.41) is 38.2. The number of nitrogens with one attached hydrogen (secondary N) is 3. The Hall–Kier alpha value is -3.50. The summed E-state index contributed by atoms with van der Waals surface area (Å²) in [6.07, 6.45) is 2.18. The van der Waals surface area contributed by atoms with Crippen molar-refractivity contribution in [3.63, 3.8) is 0 Å². The number of carbonyl (C=O) groups excluding carboxylic acids is 3. The Labute approximate surface area is 242 Å². The molecule has 15 nitrogen and oxygen atoms in total. The minimum Gasteiger partial charge on any atom is -0.388 e. The van der Waals surface area contributed by atoms with E-state index in [4.69, 9.17) is 9.47 Å². The summed E-state index contributed by atoms with van der Waals surface area (Å²) in [5.74, 6) is -1.43. The smallest absolute Gasteiger partial charge is 0.243 e. The van der Waals surface area contributed by atoms with Crippen molar-refractivity contribution in [2.45, 2.75) is 68.7 Å². The Balaban J connectivity index is 1.28. The second-order valence-electron chi connectivity index (χ2n) is 10.9. The second-order valence-corrected chi connectivity index (χ2v) is 10.9. The molecule has 2 unspecified atom stereocenters. The summed E-state index contributed by atoms with van der Waals surface area (Å²) >= 11 is 0. The fraction of sp³-hybridized carbons (Fsp3) is 0.630. The summed E-state index contributed by atoms with van der Waals surface area (Å²) in [6.45, 7) is 2.06. The third-order valence-corrected chi connectivity index (χ3v) is 7.76. The number of rotatable bonds is 8. The van der Waals surface area contributed by atoms with Crippen molar-refractivity contribution in [2.24, 2.45) is 0 Å². The van der Waals surface area contributed by atoms with Gasteiger partial charge in [0.25, 0.3) is 0 Å². The first kappa shape index (κ1) is 30.0. The van der Waals surface area contributed by atoms with Gasteiger partial charge in [-0.15, -0.1) is 5.10 Å². The fourth-order valence-electron chi connectivity index (χ4n) is 5.41. The molecule has 0 aromatic carbocycles. The molecule has 5 heterocycles. The van der Waals surface area contributed by atoms with E-state index >= 15 is 0 Å². The first-order valence-corrected chi connectivity index (χ1v) is 14.3. The van der Waals surface area contributed by atoms with Crippen molar-refractivity contribution < 1.29 is 34.1 Å². The van der Waals surface area contributed by atoms with Gasteiger partial charge < -0.3 is 40.5 Å². The summed E-state index contributed by atoms with van der Waals surface area (Å²) in [4.78, 5) is 45.2. The lowest BCUT2D eigenvalue weighted by Gasteiger charge is -2.28. The number of nitrogens with zero attached hydrogens (tertiary/aromatic N) is 5. The van der Waals surface area contributed by atoms with Crippen LogP contribution in [0.1, 0.15) is 30.5 Å². The van der Waals surface area contributed by atoms with Gasteiger partial charge >= 0.3 is 0 Å². The summed E-state index contributed by atoms with van der Waals surface area (Å²) in [5.41, 5.74) is 1.40. The van der Waals surface area contributed by atoms with E-state index in [0.29, 0.717) is 32.0 Å². The lowest BCUT2D eigenvalue weighted by Crippen LogP contribution is -2.53. The largest absolute Gasteiger partial charge is 0.388 e. The number of aliphatic hydroxyl groups is 2. The number of aliphatic hydroxyl groups excluding tert-OH is 2. The van der Waals surface area contributed by atoms with Gasteiger partial charge in [-0.05, 0) is 24.5 Å². The molecule has 5 N–H and O–H groups in total. The van der Waals surface area contributed by atoms with Gasteiger partial charge in [-0.2, -0.15) is 0 Å². The lowest BCUT2D eigenvalue weighted by molar-refractivity contribution is -0.139. The van der Waals surface area contributed by atoms with E-state index in [1.807, 2.05) is 12.1 Å². The summed E-state index contributed by atoms with van der Waals surface area (Å²) < 4.78 is 12.8. The van der Waals surface area contributed by atoms with Crippen molar-refractivity contribution >= 4 is 17.7 Å². The lowest BCUT2D eigenvalue weighted by atomic mass is 10.0. The van der Waals surface area contributed by atoms with Gasteiger partial charge in [-0.3, -0.25) is 19.4 Å². The van der Waals surface area contributed by atoms with Gasteiger partial charge in [0.05, 0.1) is 31.3 Å². The van der Waals surface area contributed by atoms with Crippen LogP contribution in [0.4, 0.5) is 0 Å². The zero-order valence-corrected chi connectivity index (χ0v) is 23.3. The Kier molecular flexibility index (Phi) is 10.1. The highest BCUT2D eigenvalue weighted by Gasteiger charge is 2.44. The van der Waals surface area contributed by atoms with Crippen LogP contribution >= 0.6 is 0 Å². The number of pyridine rings is 1. The van der Waals surface area contributed by atoms with E-state index in [1.54, 1.807) is 23.3 Å². The number of carbonyl (C=O) groups is 3. The van der Waals surface area contributed by atoms with Crippen LogP contribution < -0.4 is 16.0 Å². The van der Waals surface area contributed by atoms with Gasteiger partial charge in [0.15, 0.2) is 0 Å². The van der Waals surface area contributed by atoms with Crippen molar-refractivity contribution in [1.82, 2.24) is 40.8 Å². The highest BCUT2D eigenvalue weighted by atomic mass is 16.5. The van der Waals surface area contributed by atoms with Gasteiger partial charge in [0, 0.05) is 63.9 Å². The molecule has 15 heteroatoms. The molecule has 0 radical (unpaired) electrons. The van der Waals surface area contributed by atoms with Gasteiger partial charge in [0.2, 0.25) is 17.7 Å². The quantitative estimate of drug-likeness (QED) is 0.217. The zero-order valence-electron chi connectivity index (χ0n) is 23.3. The fourth-order valence-corrected chi connectivity index (χ4v) is 5.41. The average Bonchev–Trinajstić information content (AvgIpc) is 3.54. The summed E-state index contributed by atoms with van der Waals surface area (Å²) in [7, 11) is 0. The predicted molar refractivity (Wildman–Crippen MR) is 146 cm³/mol. The normalized spacial score (nSPS) is 28.0. The molecular weight excluding hydrogens is 548 g/mol. The molecule has 228 valence electrons. The minimum absolute atomic E-state index is 0.0448. The molecule has 0 aliphatic carbocycles. The number of hydrogen-bond donors (Lipinski definition) is 5. The summed E-state index contributed by atoms with van der Waals surface area (Å²) in [6, 6.07) is 2.96. The van der Waals surface area contributed by atoms with E-state index in [2.05, 4.69) is 31.2 Å². The number of hydrogen-bond acceptors (Lipinski definition) is 11. The molecular formula is C27H38N8O7. The topological polar surface area (TPSA) is 193 Å². The van der Waals surface area contributed by atoms with Crippen LogP contribution in [-0.4, -0.2) is 129 Å². The highest BCUT2D eigenvalue weighted by Crippen LogP contribution is 2.24. The van der Waals surface area contributed by atoms with E-state index in [-0.39, 0.29) is 38.5 Å². The standard InChI is InChI=1S/C27H38N8O7/c36-23-16-34(7-6-29-18-3-8-41-9-4-18)24(37)11-21-25(38)26(39)22(42-21)13-30-27(40)20(31-23)10-19-15-35(33-32-19)14-17-2-1-5-28-12-17/h1-2,5,12,15,18,20-22,25-26,29,38-39H,3-4,6-11,13-14,16H2,(H,30,40)(H,31,36)/t20-,21+,22-,25?,26?/m1/s1. The van der Waals surface area contributed by atoms with Crippen LogP contribution in [0, 0.1) is 0 Å². The Morgan fingerprint density at radius 1 is 1.12 bits per heavy atom. The Morgan fingerprint density at radius 3 is 2.71 bits per heavy atom. The number of amides is 3. The van der Waals surface area contributed by atoms with Gasteiger partial charge in [-0.25, -0.2) is 4.68 Å². The molecule has 0 saturated carbocycles. The van der Waals surface area contributed by atoms with Crippen molar-refractivity contribution in [1.29, 1.82) is 0 Å². The van der Waals surface area contributed by atoms with Gasteiger partial charge in [-0.1, -0.05) is 11.3 Å². The van der Waals surface area contributed by atoms with Crippen LogP contribution in [0.2, 0.25) is 0 Å². The highest BCUT2D eigenvalue weighted by molar-refractivity contribution is 5.90. The molecule has 2 aromatic heterocycles. The van der Waals surface area contributed by atoms with Crippen LogP contribution in [0.15, 0.2) is 30.7 Å². The number of aromatic nitrogens is 4. The Bertz CT molecular complexity index is 1210. The molecule has 3 aliphatic rings. The minimum atomic E-state index is -1.31. The Morgan fingerprint density at radius 2 is 1.93 bits per heavy atom. The van der Waals surface area contributed by atoms with Gasteiger partial charge in [0.1, 0.15) is 24.4 Å². The molecule has 5 atom stereocenters. The third kappa shape index (κ3) is 7.86. The predicted octanol–water partition coefficient (Wildman–Crippen LogP) is -2.64. The molecule has 3 fully saturated rings. The third-order valence-electron chi connectivity index (χ3n) is 7.76. The molecule has 5 rings (SSSR count). The zero-order chi connectivity index (χ0) is 29.5. The molecule has 3 amide bonds. The maximum absolute atomic E-state index is 13.3. The molecule has 2 bridgehead atoms. The van der Waals surface area contributed by atoms with E-state index in [9.17, 15) is 24.6 Å². The van der Waals surface area contributed by atoms with Crippen LogP contribution in [0.5, 0.6) is 0 Å². The maximum atomic E-state index is 13.3. The molecule has 2 aromatic rings. The number of ether oxygens (including phenoxy) is 2.